The van der Waals surface area contributed by atoms with Gasteiger partial charge < -0.3 is 23.9 Å². The molecule has 0 saturated heterocycles. The molecule has 0 aliphatic rings. The van der Waals surface area contributed by atoms with Crippen LogP contribution in [0.1, 0.15) is 45.3 Å². The molecule has 0 bridgehead atoms. The van der Waals surface area contributed by atoms with Crippen LogP contribution in [0.5, 0.6) is 5.75 Å². The zero-order valence-corrected chi connectivity index (χ0v) is 22.3. The molecular formula is C22H22ClN3O9S2. The van der Waals surface area contributed by atoms with Gasteiger partial charge in [-0.05, 0) is 50.6 Å². The van der Waals surface area contributed by atoms with Crippen molar-refractivity contribution >= 4 is 55.6 Å². The Morgan fingerprint density at radius 2 is 1.70 bits per heavy atom. The summed E-state index contributed by atoms with van der Waals surface area (Å²) >= 11 is 6.58. The van der Waals surface area contributed by atoms with E-state index in [1.165, 1.54) is 6.92 Å². The Kier molecular flexibility index (Phi) is 9.23. The van der Waals surface area contributed by atoms with Crippen LogP contribution in [0.2, 0.25) is 5.02 Å². The van der Waals surface area contributed by atoms with E-state index in [0.717, 1.165) is 11.3 Å². The van der Waals surface area contributed by atoms with Crippen LogP contribution in [-0.2, 0) is 30.7 Å². The van der Waals surface area contributed by atoms with Crippen LogP contribution in [0.25, 0.3) is 0 Å². The fourth-order valence-electron chi connectivity index (χ4n) is 2.94. The van der Waals surface area contributed by atoms with Crippen molar-refractivity contribution in [3.63, 3.8) is 0 Å². The lowest BCUT2D eigenvalue weighted by Crippen LogP contribution is -2.24. The van der Waals surface area contributed by atoms with Crippen LogP contribution in [0.15, 0.2) is 33.9 Å². The number of sulfone groups is 1. The second kappa shape index (κ2) is 12.2. The number of aromatic nitrogens is 2. The maximum absolute atomic E-state index is 12.7. The van der Waals surface area contributed by atoms with Gasteiger partial charge >= 0.3 is 17.2 Å². The number of nitrogens with zero attached hydrogens (tertiary/aromatic N) is 2. The maximum Gasteiger partial charge on any atom is 0.348 e. The monoisotopic (exact) mass is 571 g/mol. The molecule has 0 radical (unpaired) electrons. The minimum Gasteiger partial charge on any atom is -0.484 e. The van der Waals surface area contributed by atoms with Gasteiger partial charge in [0.05, 0.1) is 18.8 Å². The van der Waals surface area contributed by atoms with Crippen molar-refractivity contribution in [1.82, 2.24) is 10.2 Å². The van der Waals surface area contributed by atoms with E-state index in [4.69, 9.17) is 30.2 Å². The number of rotatable bonds is 11. The Morgan fingerprint density at radius 3 is 2.35 bits per heavy atom. The summed E-state index contributed by atoms with van der Waals surface area (Å²) in [6, 6.07) is 6.42. The minimum atomic E-state index is -4.35. The second-order valence-corrected chi connectivity index (χ2v) is 10.5. The molecule has 0 aliphatic heterocycles. The summed E-state index contributed by atoms with van der Waals surface area (Å²) in [5.74, 6) is -3.24. The number of benzene rings is 1. The first-order valence-electron chi connectivity index (χ1n) is 10.8. The summed E-state index contributed by atoms with van der Waals surface area (Å²) in [5, 5.41) is 9.15. The van der Waals surface area contributed by atoms with Gasteiger partial charge in [0.25, 0.3) is 5.89 Å². The highest BCUT2D eigenvalue weighted by Crippen LogP contribution is 2.34. The van der Waals surface area contributed by atoms with Gasteiger partial charge in [0.2, 0.25) is 15.7 Å². The number of ether oxygens (including phenoxy) is 3. The van der Waals surface area contributed by atoms with Crippen molar-refractivity contribution in [3.05, 3.63) is 51.2 Å². The summed E-state index contributed by atoms with van der Waals surface area (Å²) in [4.78, 5) is 37.4. The topological polar surface area (TPSA) is 164 Å². The number of hydrogen-bond donors (Lipinski definition) is 1. The van der Waals surface area contributed by atoms with Crippen LogP contribution in [0.3, 0.4) is 0 Å². The van der Waals surface area contributed by atoms with E-state index in [2.05, 4.69) is 15.5 Å². The van der Waals surface area contributed by atoms with Gasteiger partial charge in [0.1, 0.15) is 21.4 Å². The molecule has 0 spiro atoms. The smallest absolute Gasteiger partial charge is 0.348 e. The number of thiophene rings is 1. The average Bonchev–Trinajstić information content (AvgIpc) is 3.44. The summed E-state index contributed by atoms with van der Waals surface area (Å²) in [7, 11) is -4.35. The first-order valence-corrected chi connectivity index (χ1v) is 13.6. The number of carbonyl (C=O) groups is 3. The van der Waals surface area contributed by atoms with Gasteiger partial charge in [-0.15, -0.1) is 16.4 Å². The molecule has 3 aromatic rings. The molecule has 0 unspecified atom stereocenters. The SMILES string of the molecule is CCOC(=O)c1sc(NC(=O)CS(=O)(=O)c2nnc(COc3ccc(Cl)cc3)o2)c(C(=O)OCC)c1C. The molecule has 1 N–H and O–H groups in total. The quantitative estimate of drug-likeness (QED) is 0.335. The lowest BCUT2D eigenvalue weighted by molar-refractivity contribution is -0.113. The summed E-state index contributed by atoms with van der Waals surface area (Å²) in [6.07, 6.45) is 0. The number of amides is 1. The van der Waals surface area contributed by atoms with Crippen molar-refractivity contribution in [2.45, 2.75) is 32.6 Å². The molecule has 1 aromatic carbocycles. The summed E-state index contributed by atoms with van der Waals surface area (Å²) < 4.78 is 45.9. The standard InChI is InChI=1S/C22H22ClN3O9S2/c1-4-32-20(28)17-12(3)18(21(29)33-5-2)36-19(17)24-15(27)11-37(30,31)22-26-25-16(35-22)10-34-14-8-6-13(23)7-9-14/h6-9H,4-5,10-11H2,1-3H3,(H,24,27). The van der Waals surface area contributed by atoms with E-state index in [1.807, 2.05) is 0 Å². The molecule has 0 saturated carbocycles. The van der Waals surface area contributed by atoms with Gasteiger partial charge in [-0.3, -0.25) is 4.79 Å². The van der Waals surface area contributed by atoms with E-state index in [9.17, 15) is 22.8 Å². The van der Waals surface area contributed by atoms with Crippen molar-refractivity contribution in [2.24, 2.45) is 0 Å². The van der Waals surface area contributed by atoms with Crippen molar-refractivity contribution in [2.75, 3.05) is 24.3 Å². The van der Waals surface area contributed by atoms with Gasteiger partial charge in [-0.1, -0.05) is 16.7 Å². The molecule has 2 heterocycles. The first-order chi connectivity index (χ1) is 17.6. The van der Waals surface area contributed by atoms with Gasteiger partial charge in [0.15, 0.2) is 6.61 Å². The third-order valence-electron chi connectivity index (χ3n) is 4.55. The maximum atomic E-state index is 12.7. The van der Waals surface area contributed by atoms with Crippen molar-refractivity contribution in [1.29, 1.82) is 0 Å². The van der Waals surface area contributed by atoms with E-state index in [1.54, 1.807) is 38.1 Å². The first kappa shape index (κ1) is 28.1. The Hall–Kier alpha value is -3.49. The Bertz CT molecular complexity index is 1400. The highest BCUT2D eigenvalue weighted by atomic mass is 35.5. The normalized spacial score (nSPS) is 11.1. The minimum absolute atomic E-state index is 0.0475. The van der Waals surface area contributed by atoms with Gasteiger partial charge in [-0.2, -0.15) is 0 Å². The fraction of sp³-hybridized carbons (Fsp3) is 0.318. The predicted octanol–water partition coefficient (Wildman–Crippen LogP) is 3.44. The third-order valence-corrected chi connectivity index (χ3v) is 7.33. The Morgan fingerprint density at radius 1 is 1.05 bits per heavy atom. The Labute approximate surface area is 220 Å². The van der Waals surface area contributed by atoms with Crippen LogP contribution < -0.4 is 10.1 Å². The van der Waals surface area contributed by atoms with E-state index >= 15 is 0 Å². The van der Waals surface area contributed by atoms with Gasteiger partial charge in [0, 0.05) is 5.02 Å². The molecule has 0 aliphatic carbocycles. The highest BCUT2D eigenvalue weighted by molar-refractivity contribution is 7.91. The van der Waals surface area contributed by atoms with E-state index < -0.39 is 38.7 Å². The molecule has 2 aromatic heterocycles. The number of anilines is 1. The average molecular weight is 572 g/mol. The Balaban J connectivity index is 1.73. The zero-order valence-electron chi connectivity index (χ0n) is 19.9. The zero-order chi connectivity index (χ0) is 27.2. The molecular weight excluding hydrogens is 550 g/mol. The molecule has 15 heteroatoms. The van der Waals surface area contributed by atoms with Crippen LogP contribution >= 0.6 is 22.9 Å². The van der Waals surface area contributed by atoms with Crippen molar-refractivity contribution in [3.8, 4) is 5.75 Å². The number of esters is 2. The predicted molar refractivity (Wildman–Crippen MR) is 132 cm³/mol. The number of halogens is 1. The van der Waals surface area contributed by atoms with E-state index in [-0.39, 0.29) is 46.7 Å². The molecule has 198 valence electrons. The molecule has 3 rings (SSSR count). The number of nitrogens with one attached hydrogen (secondary N) is 1. The molecule has 12 nitrogen and oxygen atoms in total. The third kappa shape index (κ3) is 7.05. The molecule has 37 heavy (non-hydrogen) atoms. The van der Waals surface area contributed by atoms with Crippen LogP contribution in [-0.4, -0.2) is 55.4 Å². The second-order valence-electron chi connectivity index (χ2n) is 7.21. The lowest BCUT2D eigenvalue weighted by Gasteiger charge is -2.07. The molecule has 1 amide bonds. The number of carbonyl (C=O) groups excluding carboxylic acids is 3. The summed E-state index contributed by atoms with van der Waals surface area (Å²) in [5.41, 5.74) is 0.169. The molecule has 0 fully saturated rings. The highest BCUT2D eigenvalue weighted by Gasteiger charge is 2.30. The largest absolute Gasteiger partial charge is 0.484 e. The summed E-state index contributed by atoms with van der Waals surface area (Å²) in [6.45, 7) is 4.63. The van der Waals surface area contributed by atoms with Gasteiger partial charge in [-0.25, -0.2) is 18.0 Å². The fourth-order valence-corrected chi connectivity index (χ4v) is 5.10. The number of hydrogen-bond acceptors (Lipinski definition) is 12. The molecule has 0 atom stereocenters. The van der Waals surface area contributed by atoms with Crippen molar-refractivity contribution < 1.29 is 41.4 Å². The lowest BCUT2D eigenvalue weighted by atomic mass is 10.1. The van der Waals surface area contributed by atoms with Crippen LogP contribution in [0, 0.1) is 6.92 Å². The van der Waals surface area contributed by atoms with Crippen LogP contribution in [0.4, 0.5) is 5.00 Å². The van der Waals surface area contributed by atoms with E-state index in [0.29, 0.717) is 10.8 Å².